The maximum atomic E-state index is 12.4. The van der Waals surface area contributed by atoms with Crippen LogP contribution in [0.1, 0.15) is 32.6 Å². The van der Waals surface area contributed by atoms with E-state index >= 15 is 0 Å². The van der Waals surface area contributed by atoms with Gasteiger partial charge in [-0.05, 0) is 37.8 Å². The van der Waals surface area contributed by atoms with Gasteiger partial charge in [-0.2, -0.15) is 0 Å². The minimum Gasteiger partial charge on any atom is -0.396 e. The zero-order valence-corrected chi connectivity index (χ0v) is 13.3. The minimum atomic E-state index is -3.48. The van der Waals surface area contributed by atoms with E-state index in [0.717, 1.165) is 18.5 Å². The molecule has 0 atom stereocenters. The van der Waals surface area contributed by atoms with Crippen molar-refractivity contribution in [3.63, 3.8) is 0 Å². The van der Waals surface area contributed by atoms with Crippen LogP contribution < -0.4 is 9.62 Å². The van der Waals surface area contributed by atoms with Gasteiger partial charge in [-0.1, -0.05) is 19.1 Å². The van der Waals surface area contributed by atoms with Gasteiger partial charge in [0.2, 0.25) is 10.0 Å². The zero-order valence-electron chi connectivity index (χ0n) is 12.5. The van der Waals surface area contributed by atoms with Crippen molar-refractivity contribution < 1.29 is 13.5 Å². The molecular formula is C15H24N2O3S. The number of nitrogens with zero attached hydrogens (tertiary/aromatic N) is 1. The highest BCUT2D eigenvalue weighted by Crippen LogP contribution is 2.33. The minimum absolute atomic E-state index is 0.116. The topological polar surface area (TPSA) is 69.6 Å². The molecule has 1 saturated carbocycles. The summed E-state index contributed by atoms with van der Waals surface area (Å²) in [6.45, 7) is 2.94. The molecule has 0 heterocycles. The van der Waals surface area contributed by atoms with Gasteiger partial charge in [-0.15, -0.1) is 0 Å². The maximum Gasteiger partial charge on any atom is 0.242 e. The molecule has 0 radical (unpaired) electrons. The predicted molar refractivity (Wildman–Crippen MR) is 84.0 cm³/mol. The molecule has 0 aromatic heterocycles. The van der Waals surface area contributed by atoms with Crippen molar-refractivity contribution in [2.75, 3.05) is 24.6 Å². The molecule has 1 aromatic carbocycles. The summed E-state index contributed by atoms with van der Waals surface area (Å²) < 4.78 is 27.3. The Morgan fingerprint density at radius 1 is 1.33 bits per heavy atom. The average molecular weight is 312 g/mol. The maximum absolute atomic E-state index is 12.4. The summed E-state index contributed by atoms with van der Waals surface area (Å²) >= 11 is 0. The van der Waals surface area contributed by atoms with Crippen molar-refractivity contribution in [3.05, 3.63) is 24.3 Å². The molecule has 0 spiro atoms. The monoisotopic (exact) mass is 312 g/mol. The number of rotatable bonds is 8. The van der Waals surface area contributed by atoms with Gasteiger partial charge in [0, 0.05) is 25.7 Å². The molecule has 0 saturated heterocycles. The number of sulfonamides is 1. The third-order valence-corrected chi connectivity index (χ3v) is 5.46. The van der Waals surface area contributed by atoms with Gasteiger partial charge in [0.05, 0.1) is 5.69 Å². The Hall–Kier alpha value is -1.11. The molecule has 6 heteroatoms. The SMILES string of the molecule is CCNS(=O)(=O)c1ccccc1N(CCCO)C1CCC1. The van der Waals surface area contributed by atoms with Gasteiger partial charge in [0.1, 0.15) is 4.90 Å². The Labute approximate surface area is 127 Å². The third-order valence-electron chi connectivity index (χ3n) is 3.87. The fourth-order valence-corrected chi connectivity index (χ4v) is 3.88. The Morgan fingerprint density at radius 2 is 2.05 bits per heavy atom. The largest absolute Gasteiger partial charge is 0.396 e. The molecule has 0 aliphatic heterocycles. The third kappa shape index (κ3) is 3.75. The van der Waals surface area contributed by atoms with E-state index in [2.05, 4.69) is 9.62 Å². The fraction of sp³-hybridized carbons (Fsp3) is 0.600. The van der Waals surface area contributed by atoms with E-state index in [0.29, 0.717) is 30.4 Å². The Kier molecular flexibility index (Phi) is 5.61. The molecule has 0 unspecified atom stereocenters. The molecule has 0 amide bonds. The number of hydrogen-bond donors (Lipinski definition) is 2. The zero-order chi connectivity index (χ0) is 15.3. The summed E-state index contributed by atoms with van der Waals surface area (Å²) in [5.74, 6) is 0. The lowest BCUT2D eigenvalue weighted by molar-refractivity contribution is 0.282. The molecule has 118 valence electrons. The normalized spacial score (nSPS) is 15.7. The summed E-state index contributed by atoms with van der Waals surface area (Å²) in [6, 6.07) is 7.51. The molecular weight excluding hydrogens is 288 g/mol. The van der Waals surface area contributed by atoms with Gasteiger partial charge in [-0.3, -0.25) is 0 Å². The van der Waals surface area contributed by atoms with Crippen LogP contribution in [0.2, 0.25) is 0 Å². The smallest absolute Gasteiger partial charge is 0.242 e. The summed E-state index contributed by atoms with van der Waals surface area (Å²) in [5.41, 5.74) is 0.747. The highest BCUT2D eigenvalue weighted by Gasteiger charge is 2.28. The predicted octanol–water partition coefficient (Wildman–Crippen LogP) is 1.73. The van der Waals surface area contributed by atoms with E-state index in [1.807, 2.05) is 12.1 Å². The standard InChI is InChI=1S/C15H24N2O3S/c1-2-16-21(19,20)15-10-4-3-9-14(15)17(11-6-12-18)13-7-5-8-13/h3-4,9-10,13,16,18H,2,5-8,11-12H2,1H3. The van der Waals surface area contributed by atoms with Crippen LogP contribution in [0, 0.1) is 0 Å². The van der Waals surface area contributed by atoms with E-state index in [4.69, 9.17) is 5.11 Å². The summed E-state index contributed by atoms with van der Waals surface area (Å²) in [6.07, 6.45) is 4.00. The second-order valence-electron chi connectivity index (χ2n) is 5.32. The number of para-hydroxylation sites is 1. The lowest BCUT2D eigenvalue weighted by Gasteiger charge is -2.40. The average Bonchev–Trinajstić information content (AvgIpc) is 2.41. The number of anilines is 1. The van der Waals surface area contributed by atoms with Crippen LogP contribution in [0.3, 0.4) is 0 Å². The van der Waals surface area contributed by atoms with E-state index in [1.54, 1.807) is 19.1 Å². The fourth-order valence-electron chi connectivity index (χ4n) is 2.63. The number of benzene rings is 1. The molecule has 0 bridgehead atoms. The second-order valence-corrected chi connectivity index (χ2v) is 7.06. The number of nitrogens with one attached hydrogen (secondary N) is 1. The molecule has 1 aliphatic carbocycles. The van der Waals surface area contributed by atoms with Gasteiger partial charge >= 0.3 is 0 Å². The van der Waals surface area contributed by atoms with Crippen LogP contribution in [0.4, 0.5) is 5.69 Å². The van der Waals surface area contributed by atoms with Crippen LogP contribution in [0.25, 0.3) is 0 Å². The van der Waals surface area contributed by atoms with Crippen LogP contribution in [0.15, 0.2) is 29.2 Å². The van der Waals surface area contributed by atoms with Gasteiger partial charge < -0.3 is 10.0 Å². The molecule has 1 aliphatic rings. The number of hydrogen-bond acceptors (Lipinski definition) is 4. The first kappa shape index (κ1) is 16.3. The molecule has 5 nitrogen and oxygen atoms in total. The molecule has 2 N–H and O–H groups in total. The Bertz CT molecular complexity index is 556. The van der Waals surface area contributed by atoms with Crippen LogP contribution in [-0.2, 0) is 10.0 Å². The summed E-state index contributed by atoms with van der Waals surface area (Å²) in [5, 5.41) is 9.09. The highest BCUT2D eigenvalue weighted by molar-refractivity contribution is 7.89. The first-order valence-electron chi connectivity index (χ1n) is 7.56. The lowest BCUT2D eigenvalue weighted by atomic mass is 9.91. The van der Waals surface area contributed by atoms with Crippen molar-refractivity contribution in [1.82, 2.24) is 4.72 Å². The van der Waals surface area contributed by atoms with Crippen LogP contribution in [-0.4, -0.2) is 39.3 Å². The van der Waals surface area contributed by atoms with Crippen molar-refractivity contribution in [3.8, 4) is 0 Å². The van der Waals surface area contributed by atoms with E-state index < -0.39 is 10.0 Å². The molecule has 21 heavy (non-hydrogen) atoms. The van der Waals surface area contributed by atoms with E-state index in [1.165, 1.54) is 6.42 Å². The quantitative estimate of drug-likeness (QED) is 0.767. The first-order chi connectivity index (χ1) is 10.1. The molecule has 1 fully saturated rings. The van der Waals surface area contributed by atoms with Gasteiger partial charge in [-0.25, -0.2) is 13.1 Å². The molecule has 2 rings (SSSR count). The van der Waals surface area contributed by atoms with E-state index in [-0.39, 0.29) is 6.61 Å². The van der Waals surface area contributed by atoms with Crippen LogP contribution in [0.5, 0.6) is 0 Å². The number of aliphatic hydroxyl groups excluding tert-OH is 1. The van der Waals surface area contributed by atoms with Crippen LogP contribution >= 0.6 is 0 Å². The van der Waals surface area contributed by atoms with Crippen molar-refractivity contribution in [2.24, 2.45) is 0 Å². The first-order valence-corrected chi connectivity index (χ1v) is 9.04. The lowest BCUT2D eigenvalue weighted by Crippen LogP contribution is -2.42. The van der Waals surface area contributed by atoms with E-state index in [9.17, 15) is 8.42 Å². The van der Waals surface area contributed by atoms with Crippen molar-refractivity contribution >= 4 is 15.7 Å². The highest BCUT2D eigenvalue weighted by atomic mass is 32.2. The van der Waals surface area contributed by atoms with Gasteiger partial charge in [0.15, 0.2) is 0 Å². The van der Waals surface area contributed by atoms with Crippen molar-refractivity contribution in [1.29, 1.82) is 0 Å². The second kappa shape index (κ2) is 7.24. The number of aliphatic hydroxyl groups is 1. The summed E-state index contributed by atoms with van der Waals surface area (Å²) in [4.78, 5) is 2.47. The van der Waals surface area contributed by atoms with Crippen molar-refractivity contribution in [2.45, 2.75) is 43.5 Å². The summed E-state index contributed by atoms with van der Waals surface area (Å²) in [7, 11) is -3.48. The Morgan fingerprint density at radius 3 is 2.62 bits per heavy atom. The Balaban J connectivity index is 2.35. The molecule has 1 aromatic rings. The van der Waals surface area contributed by atoms with Gasteiger partial charge in [0.25, 0.3) is 0 Å².